The molecule has 0 fully saturated rings. The predicted octanol–water partition coefficient (Wildman–Crippen LogP) is 2.53. The molecule has 1 N–H and O–H groups in total. The van der Waals surface area contributed by atoms with Gasteiger partial charge in [0, 0.05) is 30.8 Å². The molecule has 0 saturated carbocycles. The van der Waals surface area contributed by atoms with Crippen molar-refractivity contribution >= 4 is 32.9 Å². The number of halogens is 1. The van der Waals surface area contributed by atoms with Crippen molar-refractivity contribution in [3.63, 3.8) is 0 Å². The van der Waals surface area contributed by atoms with E-state index in [0.717, 1.165) is 16.5 Å². The van der Waals surface area contributed by atoms with Crippen LogP contribution in [0.15, 0.2) is 50.6 Å². The molecule has 3 rings (SSSR count). The number of pyridine rings is 1. The summed E-state index contributed by atoms with van der Waals surface area (Å²) in [6.45, 7) is 2.80. The van der Waals surface area contributed by atoms with Crippen molar-refractivity contribution in [3.8, 4) is 0 Å². The fraction of sp³-hybridized carbons (Fsp3) is 0.263. The minimum Gasteiger partial charge on any atom is -0.337 e. The number of fused-ring (bicyclic) bond motifs is 1. The van der Waals surface area contributed by atoms with Crippen LogP contribution in [0.25, 0.3) is 11.0 Å². The highest BCUT2D eigenvalue weighted by molar-refractivity contribution is 9.10. The molecule has 1 aromatic carbocycles. The lowest BCUT2D eigenvalue weighted by molar-refractivity contribution is 0.0785. The van der Waals surface area contributed by atoms with Crippen LogP contribution in [-0.4, -0.2) is 32.4 Å². The zero-order chi connectivity index (χ0) is 19.6. The maximum absolute atomic E-state index is 12.7. The quantitative estimate of drug-likeness (QED) is 0.673. The van der Waals surface area contributed by atoms with Crippen molar-refractivity contribution in [1.29, 1.82) is 0 Å². The van der Waals surface area contributed by atoms with Crippen molar-refractivity contribution < 1.29 is 4.79 Å². The van der Waals surface area contributed by atoms with Crippen molar-refractivity contribution in [2.24, 2.45) is 0 Å². The Morgan fingerprint density at radius 3 is 2.63 bits per heavy atom. The number of hydrogen-bond acceptors (Lipinski definition) is 4. The van der Waals surface area contributed by atoms with Gasteiger partial charge in [0.25, 0.3) is 11.5 Å². The Bertz CT molecular complexity index is 1100. The largest absolute Gasteiger partial charge is 0.337 e. The number of H-pyrrole nitrogens is 1. The van der Waals surface area contributed by atoms with E-state index in [1.54, 1.807) is 11.9 Å². The highest BCUT2D eigenvalue weighted by atomic mass is 79.9. The first-order valence-electron chi connectivity index (χ1n) is 8.53. The monoisotopic (exact) mass is 430 g/mol. The average Bonchev–Trinajstić information content (AvgIpc) is 2.66. The molecule has 0 aliphatic carbocycles. The van der Waals surface area contributed by atoms with Crippen LogP contribution < -0.4 is 11.2 Å². The minimum absolute atomic E-state index is 0.228. The molecule has 8 heteroatoms. The molecule has 2 aromatic heterocycles. The van der Waals surface area contributed by atoms with E-state index in [0.29, 0.717) is 18.7 Å². The summed E-state index contributed by atoms with van der Waals surface area (Å²) in [7, 11) is 1.69. The Balaban J connectivity index is 1.94. The number of aromatic amines is 1. The summed E-state index contributed by atoms with van der Waals surface area (Å²) in [4.78, 5) is 45.0. The van der Waals surface area contributed by atoms with Gasteiger partial charge in [0.1, 0.15) is 5.65 Å². The van der Waals surface area contributed by atoms with Crippen LogP contribution in [0, 0.1) is 0 Å². The molecule has 0 atom stereocenters. The number of carbonyl (C=O) groups is 1. The second kappa shape index (κ2) is 7.87. The summed E-state index contributed by atoms with van der Waals surface area (Å²) in [5.74, 6) is -0.250. The van der Waals surface area contributed by atoms with Gasteiger partial charge in [-0.3, -0.25) is 19.1 Å². The molecular weight excluding hydrogens is 412 g/mol. The fourth-order valence-electron chi connectivity index (χ4n) is 2.87. The highest BCUT2D eigenvalue weighted by Crippen LogP contribution is 2.14. The van der Waals surface area contributed by atoms with Crippen LogP contribution in [0.4, 0.5) is 0 Å². The maximum Gasteiger partial charge on any atom is 0.329 e. The second-order valence-electron chi connectivity index (χ2n) is 6.29. The molecule has 0 spiro atoms. The predicted molar refractivity (Wildman–Crippen MR) is 107 cm³/mol. The number of aryl methyl sites for hydroxylation is 1. The maximum atomic E-state index is 12.7. The van der Waals surface area contributed by atoms with Gasteiger partial charge in [0.15, 0.2) is 0 Å². The Labute approximate surface area is 163 Å². The molecule has 3 aromatic rings. The molecule has 0 saturated heterocycles. The van der Waals surface area contributed by atoms with Gasteiger partial charge >= 0.3 is 5.69 Å². The molecule has 0 aliphatic rings. The van der Waals surface area contributed by atoms with E-state index in [9.17, 15) is 14.4 Å². The van der Waals surface area contributed by atoms with Gasteiger partial charge in [-0.05, 0) is 30.2 Å². The third-order valence-electron chi connectivity index (χ3n) is 4.21. The smallest absolute Gasteiger partial charge is 0.329 e. The topological polar surface area (TPSA) is 88.1 Å². The number of amides is 1. The average molecular weight is 431 g/mol. The first-order valence-corrected chi connectivity index (χ1v) is 9.32. The third kappa shape index (κ3) is 4.00. The van der Waals surface area contributed by atoms with E-state index >= 15 is 0 Å². The van der Waals surface area contributed by atoms with Crippen LogP contribution in [0.2, 0.25) is 0 Å². The number of aromatic nitrogens is 3. The SMILES string of the molecule is CCCn1c(=O)[nH]c(=O)c2cc(C(=O)N(C)Cc3ccc(Br)cc3)cnc21. The summed E-state index contributed by atoms with van der Waals surface area (Å²) < 4.78 is 2.38. The summed E-state index contributed by atoms with van der Waals surface area (Å²) in [5.41, 5.74) is 0.540. The summed E-state index contributed by atoms with van der Waals surface area (Å²) in [6.07, 6.45) is 2.13. The summed E-state index contributed by atoms with van der Waals surface area (Å²) >= 11 is 3.38. The third-order valence-corrected chi connectivity index (χ3v) is 4.74. The molecule has 0 unspecified atom stereocenters. The lowest BCUT2D eigenvalue weighted by Gasteiger charge is -2.17. The van der Waals surface area contributed by atoms with Gasteiger partial charge < -0.3 is 4.90 Å². The van der Waals surface area contributed by atoms with Gasteiger partial charge in [-0.2, -0.15) is 0 Å². The van der Waals surface area contributed by atoms with Crippen molar-refractivity contribution in [1.82, 2.24) is 19.4 Å². The Morgan fingerprint density at radius 1 is 1.26 bits per heavy atom. The van der Waals surface area contributed by atoms with Gasteiger partial charge in [0.05, 0.1) is 10.9 Å². The molecule has 0 bridgehead atoms. The van der Waals surface area contributed by atoms with Crippen molar-refractivity contribution in [2.45, 2.75) is 26.4 Å². The Morgan fingerprint density at radius 2 is 1.96 bits per heavy atom. The van der Waals surface area contributed by atoms with E-state index in [2.05, 4.69) is 25.9 Å². The first kappa shape index (κ1) is 19.0. The number of nitrogens with one attached hydrogen (secondary N) is 1. The molecule has 0 radical (unpaired) electrons. The number of hydrogen-bond donors (Lipinski definition) is 1. The Kier molecular flexibility index (Phi) is 5.55. The molecule has 140 valence electrons. The molecule has 1 amide bonds. The standard InChI is InChI=1S/C19H19BrN4O3/c1-3-8-24-16-15(17(25)22-19(24)27)9-13(10-21-16)18(26)23(2)11-12-4-6-14(20)7-5-12/h4-7,9-10H,3,8,11H2,1-2H3,(H,22,25,27). The van der Waals surface area contributed by atoms with Crippen LogP contribution >= 0.6 is 15.9 Å². The van der Waals surface area contributed by atoms with E-state index in [-0.39, 0.29) is 16.9 Å². The van der Waals surface area contributed by atoms with Gasteiger partial charge in [-0.1, -0.05) is 35.0 Å². The summed E-state index contributed by atoms with van der Waals surface area (Å²) in [5, 5.41) is 0.228. The molecule has 7 nitrogen and oxygen atoms in total. The number of benzene rings is 1. The van der Waals surface area contributed by atoms with Gasteiger partial charge in [-0.25, -0.2) is 9.78 Å². The first-order chi connectivity index (χ1) is 12.9. The van der Waals surface area contributed by atoms with E-state index in [1.165, 1.54) is 16.8 Å². The second-order valence-corrected chi connectivity index (χ2v) is 7.21. The van der Waals surface area contributed by atoms with E-state index < -0.39 is 11.2 Å². The van der Waals surface area contributed by atoms with Gasteiger partial charge in [-0.15, -0.1) is 0 Å². The van der Waals surface area contributed by atoms with Crippen LogP contribution in [-0.2, 0) is 13.1 Å². The molecule has 2 heterocycles. The van der Waals surface area contributed by atoms with Crippen LogP contribution in [0.5, 0.6) is 0 Å². The molecule has 27 heavy (non-hydrogen) atoms. The number of nitrogens with zero attached hydrogens (tertiary/aromatic N) is 3. The Hall–Kier alpha value is -2.74. The van der Waals surface area contributed by atoms with Crippen molar-refractivity contribution in [2.75, 3.05) is 7.05 Å². The number of rotatable bonds is 5. The zero-order valence-electron chi connectivity index (χ0n) is 15.0. The van der Waals surface area contributed by atoms with E-state index in [4.69, 9.17) is 0 Å². The van der Waals surface area contributed by atoms with Crippen LogP contribution in [0.1, 0.15) is 29.3 Å². The van der Waals surface area contributed by atoms with Gasteiger partial charge in [0.2, 0.25) is 0 Å². The van der Waals surface area contributed by atoms with E-state index in [1.807, 2.05) is 31.2 Å². The normalized spacial score (nSPS) is 10.9. The fourth-order valence-corrected chi connectivity index (χ4v) is 3.14. The number of carbonyl (C=O) groups excluding carboxylic acids is 1. The summed E-state index contributed by atoms with van der Waals surface area (Å²) in [6, 6.07) is 9.18. The minimum atomic E-state index is -0.542. The molecular formula is C19H19BrN4O3. The highest BCUT2D eigenvalue weighted by Gasteiger charge is 2.16. The lowest BCUT2D eigenvalue weighted by Crippen LogP contribution is -2.31. The zero-order valence-corrected chi connectivity index (χ0v) is 16.6. The lowest BCUT2D eigenvalue weighted by atomic mass is 10.1. The molecule has 0 aliphatic heterocycles. The van der Waals surface area contributed by atoms with Crippen molar-refractivity contribution in [3.05, 3.63) is 73.0 Å². The van der Waals surface area contributed by atoms with Crippen LogP contribution in [0.3, 0.4) is 0 Å².